The van der Waals surface area contributed by atoms with Gasteiger partial charge in [-0.1, -0.05) is 11.6 Å². The molecular weight excluding hydrogens is 260 g/mol. The third kappa shape index (κ3) is 3.22. The van der Waals surface area contributed by atoms with Gasteiger partial charge in [0, 0.05) is 24.0 Å². The predicted molar refractivity (Wildman–Crippen MR) is 78.1 cm³/mol. The fraction of sp³-hybridized carbons (Fsp3) is 0.600. The first-order valence-corrected chi connectivity index (χ1v) is 7.45. The number of fused-ring (bicyclic) bond motifs is 1. The number of piperidine rings is 1. The van der Waals surface area contributed by atoms with Crippen LogP contribution in [-0.4, -0.2) is 43.7 Å². The Hall–Kier alpha value is -0.770. The van der Waals surface area contributed by atoms with E-state index in [1.165, 1.54) is 31.5 Å². The Labute approximate surface area is 119 Å². The van der Waals surface area contributed by atoms with Crippen LogP contribution in [0.15, 0.2) is 18.2 Å². The molecule has 1 saturated heterocycles. The van der Waals surface area contributed by atoms with Crippen molar-refractivity contribution >= 4 is 11.6 Å². The van der Waals surface area contributed by atoms with Crippen LogP contribution >= 0.6 is 11.6 Å². The third-order valence-corrected chi connectivity index (χ3v) is 4.35. The van der Waals surface area contributed by atoms with E-state index < -0.39 is 0 Å². The molecule has 1 aromatic rings. The van der Waals surface area contributed by atoms with Crippen LogP contribution in [0.1, 0.15) is 18.4 Å². The highest BCUT2D eigenvalue weighted by Crippen LogP contribution is 2.30. The summed E-state index contributed by atoms with van der Waals surface area (Å²) in [6.07, 6.45) is 3.70. The monoisotopic (exact) mass is 280 g/mol. The van der Waals surface area contributed by atoms with Crippen molar-refractivity contribution in [3.8, 4) is 5.75 Å². The zero-order valence-electron chi connectivity index (χ0n) is 11.4. The summed E-state index contributed by atoms with van der Waals surface area (Å²) in [5.74, 6) is 1.000. The molecule has 0 bridgehead atoms. The van der Waals surface area contributed by atoms with Crippen molar-refractivity contribution in [1.82, 2.24) is 10.2 Å². The van der Waals surface area contributed by atoms with E-state index >= 15 is 0 Å². The fourth-order valence-corrected chi connectivity index (χ4v) is 3.11. The maximum absolute atomic E-state index is 6.01. The summed E-state index contributed by atoms with van der Waals surface area (Å²) in [7, 11) is 2.19. The number of ether oxygens (including phenoxy) is 1. The smallest absolute Gasteiger partial charge is 0.123 e. The molecule has 3 rings (SSSR count). The van der Waals surface area contributed by atoms with Gasteiger partial charge in [0.1, 0.15) is 11.9 Å². The lowest BCUT2D eigenvalue weighted by Gasteiger charge is -2.30. The molecule has 3 nitrogen and oxygen atoms in total. The zero-order chi connectivity index (χ0) is 13.2. The molecule has 2 aliphatic heterocycles. The van der Waals surface area contributed by atoms with Gasteiger partial charge in [-0.25, -0.2) is 0 Å². The largest absolute Gasteiger partial charge is 0.488 e. The van der Waals surface area contributed by atoms with E-state index in [0.717, 1.165) is 23.7 Å². The van der Waals surface area contributed by atoms with Gasteiger partial charge in [-0.3, -0.25) is 0 Å². The average molecular weight is 281 g/mol. The first kappa shape index (κ1) is 13.2. The SMILES string of the molecule is CN1CCC(NCC2Cc3cc(Cl)ccc3O2)CC1. The van der Waals surface area contributed by atoms with Gasteiger partial charge in [0.15, 0.2) is 0 Å². The zero-order valence-corrected chi connectivity index (χ0v) is 12.1. The van der Waals surface area contributed by atoms with E-state index in [9.17, 15) is 0 Å². The summed E-state index contributed by atoms with van der Waals surface area (Å²) in [4.78, 5) is 2.39. The first-order chi connectivity index (χ1) is 9.20. The normalized spacial score (nSPS) is 24.2. The predicted octanol–water partition coefficient (Wildman–Crippen LogP) is 2.33. The molecule has 1 atom stereocenters. The second kappa shape index (κ2) is 5.70. The molecule has 0 aliphatic carbocycles. The van der Waals surface area contributed by atoms with E-state index in [2.05, 4.69) is 17.3 Å². The third-order valence-electron chi connectivity index (χ3n) is 4.12. The van der Waals surface area contributed by atoms with Gasteiger partial charge >= 0.3 is 0 Å². The van der Waals surface area contributed by atoms with E-state index in [1.807, 2.05) is 18.2 Å². The molecule has 0 saturated carbocycles. The number of likely N-dealkylation sites (tertiary alicyclic amines) is 1. The maximum Gasteiger partial charge on any atom is 0.123 e. The maximum atomic E-state index is 6.01. The minimum Gasteiger partial charge on any atom is -0.488 e. The van der Waals surface area contributed by atoms with Crippen LogP contribution in [0.5, 0.6) is 5.75 Å². The second-order valence-corrected chi connectivity index (χ2v) is 6.12. The second-order valence-electron chi connectivity index (χ2n) is 5.68. The van der Waals surface area contributed by atoms with E-state index in [0.29, 0.717) is 6.04 Å². The Bertz CT molecular complexity index is 444. The molecule has 1 fully saturated rings. The summed E-state index contributed by atoms with van der Waals surface area (Å²) in [6.45, 7) is 3.32. The summed E-state index contributed by atoms with van der Waals surface area (Å²) < 4.78 is 5.94. The Morgan fingerprint density at radius 1 is 1.37 bits per heavy atom. The minimum atomic E-state index is 0.258. The topological polar surface area (TPSA) is 24.5 Å². The quantitative estimate of drug-likeness (QED) is 0.920. The van der Waals surface area contributed by atoms with Gasteiger partial charge in [-0.15, -0.1) is 0 Å². The molecule has 1 unspecified atom stereocenters. The molecule has 0 spiro atoms. The standard InChI is InChI=1S/C15H21ClN2O/c1-18-6-4-13(5-7-18)17-10-14-9-11-8-12(16)2-3-15(11)19-14/h2-3,8,13-14,17H,4-7,9-10H2,1H3. The molecule has 104 valence electrons. The van der Waals surface area contributed by atoms with Crippen LogP contribution in [0.25, 0.3) is 0 Å². The number of hydrogen-bond acceptors (Lipinski definition) is 3. The Kier molecular flexibility index (Phi) is 3.96. The van der Waals surface area contributed by atoms with Crippen molar-refractivity contribution in [1.29, 1.82) is 0 Å². The van der Waals surface area contributed by atoms with Crippen molar-refractivity contribution in [2.24, 2.45) is 0 Å². The summed E-state index contributed by atoms with van der Waals surface area (Å²) in [5, 5.41) is 4.45. The number of halogens is 1. The van der Waals surface area contributed by atoms with Crippen molar-refractivity contribution < 1.29 is 4.74 Å². The molecule has 19 heavy (non-hydrogen) atoms. The lowest BCUT2D eigenvalue weighted by Crippen LogP contribution is -2.44. The minimum absolute atomic E-state index is 0.258. The van der Waals surface area contributed by atoms with Crippen LogP contribution in [-0.2, 0) is 6.42 Å². The molecule has 2 aliphatic rings. The number of benzene rings is 1. The van der Waals surface area contributed by atoms with Gasteiger partial charge in [-0.2, -0.15) is 0 Å². The van der Waals surface area contributed by atoms with Gasteiger partial charge in [0.2, 0.25) is 0 Å². The van der Waals surface area contributed by atoms with Gasteiger partial charge in [0.25, 0.3) is 0 Å². The van der Waals surface area contributed by atoms with E-state index in [-0.39, 0.29) is 6.10 Å². The molecule has 4 heteroatoms. The molecular formula is C15H21ClN2O. The number of nitrogens with zero attached hydrogens (tertiary/aromatic N) is 1. The molecule has 2 heterocycles. The lowest BCUT2D eigenvalue weighted by molar-refractivity contribution is 0.194. The average Bonchev–Trinajstić information content (AvgIpc) is 2.80. The van der Waals surface area contributed by atoms with Gasteiger partial charge in [0.05, 0.1) is 0 Å². The van der Waals surface area contributed by atoms with Gasteiger partial charge in [-0.05, 0) is 56.7 Å². The van der Waals surface area contributed by atoms with Crippen LogP contribution in [0, 0.1) is 0 Å². The van der Waals surface area contributed by atoms with Crippen molar-refractivity contribution in [3.05, 3.63) is 28.8 Å². The highest BCUT2D eigenvalue weighted by atomic mass is 35.5. The molecule has 1 aromatic carbocycles. The van der Waals surface area contributed by atoms with E-state index in [4.69, 9.17) is 16.3 Å². The van der Waals surface area contributed by atoms with Crippen LogP contribution in [0.4, 0.5) is 0 Å². The molecule has 0 aromatic heterocycles. The lowest BCUT2D eigenvalue weighted by atomic mass is 10.0. The highest BCUT2D eigenvalue weighted by Gasteiger charge is 2.24. The summed E-state index contributed by atoms with van der Waals surface area (Å²) in [6, 6.07) is 6.54. The Morgan fingerprint density at radius 2 is 2.16 bits per heavy atom. The van der Waals surface area contributed by atoms with E-state index in [1.54, 1.807) is 0 Å². The molecule has 1 N–H and O–H groups in total. The number of hydrogen-bond donors (Lipinski definition) is 1. The number of rotatable bonds is 3. The highest BCUT2D eigenvalue weighted by molar-refractivity contribution is 6.30. The number of nitrogens with one attached hydrogen (secondary N) is 1. The fourth-order valence-electron chi connectivity index (χ4n) is 2.91. The van der Waals surface area contributed by atoms with Crippen LogP contribution in [0.2, 0.25) is 5.02 Å². The van der Waals surface area contributed by atoms with Crippen molar-refractivity contribution in [3.63, 3.8) is 0 Å². The van der Waals surface area contributed by atoms with Crippen molar-refractivity contribution in [2.75, 3.05) is 26.7 Å². The molecule has 0 amide bonds. The molecule has 0 radical (unpaired) electrons. The van der Waals surface area contributed by atoms with Gasteiger partial charge < -0.3 is 15.0 Å². The Balaban J connectivity index is 1.48. The summed E-state index contributed by atoms with van der Waals surface area (Å²) >= 11 is 6.01. The Morgan fingerprint density at radius 3 is 2.95 bits per heavy atom. The van der Waals surface area contributed by atoms with Crippen LogP contribution in [0.3, 0.4) is 0 Å². The van der Waals surface area contributed by atoms with Crippen molar-refractivity contribution in [2.45, 2.75) is 31.4 Å². The first-order valence-electron chi connectivity index (χ1n) is 7.08. The van der Waals surface area contributed by atoms with Crippen LogP contribution < -0.4 is 10.1 Å². The summed E-state index contributed by atoms with van der Waals surface area (Å²) in [5.41, 5.74) is 1.24.